The Morgan fingerprint density at radius 1 is 1.28 bits per heavy atom. The fourth-order valence-corrected chi connectivity index (χ4v) is 4.02. The van der Waals surface area contributed by atoms with Crippen molar-refractivity contribution in [3.63, 3.8) is 0 Å². The van der Waals surface area contributed by atoms with Gasteiger partial charge in [-0.2, -0.15) is 0 Å². The molecule has 1 aliphatic heterocycles. The van der Waals surface area contributed by atoms with Crippen molar-refractivity contribution in [3.8, 4) is 0 Å². The quantitative estimate of drug-likeness (QED) is 0.819. The van der Waals surface area contributed by atoms with Crippen molar-refractivity contribution in [2.45, 2.75) is 76.5 Å². The molecular weight excluding hydrogens is 224 g/mol. The summed E-state index contributed by atoms with van der Waals surface area (Å²) < 4.78 is 5.86. The van der Waals surface area contributed by atoms with Crippen LogP contribution in [-0.4, -0.2) is 42.3 Å². The molecule has 0 aromatic carbocycles. The summed E-state index contributed by atoms with van der Waals surface area (Å²) in [6.07, 6.45) is 9.31. The first-order chi connectivity index (χ1) is 8.75. The molecule has 0 aromatic heterocycles. The smallest absolute Gasteiger partial charge is 0.0590 e. The van der Waals surface area contributed by atoms with Crippen molar-refractivity contribution in [3.05, 3.63) is 0 Å². The Hall–Kier alpha value is -0.120. The molecule has 1 saturated heterocycles. The van der Waals surface area contributed by atoms with Gasteiger partial charge in [0.05, 0.1) is 6.10 Å². The molecule has 2 atom stereocenters. The molecule has 1 aliphatic carbocycles. The molecule has 3 heteroatoms. The van der Waals surface area contributed by atoms with Crippen molar-refractivity contribution in [2.24, 2.45) is 5.73 Å². The van der Waals surface area contributed by atoms with Crippen molar-refractivity contribution in [2.75, 3.05) is 19.7 Å². The first-order valence-corrected chi connectivity index (χ1v) is 7.84. The zero-order chi connectivity index (χ0) is 13.0. The molecule has 0 bridgehead atoms. The lowest BCUT2D eigenvalue weighted by Crippen LogP contribution is -2.61. The van der Waals surface area contributed by atoms with Crippen molar-refractivity contribution in [1.82, 2.24) is 4.90 Å². The fourth-order valence-electron chi connectivity index (χ4n) is 4.02. The minimum absolute atomic E-state index is 0.211. The summed E-state index contributed by atoms with van der Waals surface area (Å²) in [5.41, 5.74) is 6.41. The summed E-state index contributed by atoms with van der Waals surface area (Å²) in [5.74, 6) is 0. The molecule has 2 unspecified atom stereocenters. The van der Waals surface area contributed by atoms with E-state index >= 15 is 0 Å². The number of hydrogen-bond donors (Lipinski definition) is 1. The van der Waals surface area contributed by atoms with Crippen LogP contribution in [0, 0.1) is 0 Å². The van der Waals surface area contributed by atoms with Crippen LogP contribution < -0.4 is 5.73 Å². The van der Waals surface area contributed by atoms with E-state index in [9.17, 15) is 0 Å². The number of ether oxygens (including phenoxy) is 1. The highest BCUT2D eigenvalue weighted by molar-refractivity contribution is 4.99. The minimum Gasteiger partial charge on any atom is -0.378 e. The predicted octanol–water partition coefficient (Wildman–Crippen LogP) is 2.54. The zero-order valence-corrected chi connectivity index (χ0v) is 12.2. The second-order valence-corrected chi connectivity index (χ2v) is 6.01. The van der Waals surface area contributed by atoms with Crippen LogP contribution in [0.1, 0.15) is 58.8 Å². The van der Waals surface area contributed by atoms with Crippen LogP contribution in [0.2, 0.25) is 0 Å². The van der Waals surface area contributed by atoms with Gasteiger partial charge in [0.25, 0.3) is 0 Å². The average molecular weight is 254 g/mol. The van der Waals surface area contributed by atoms with E-state index in [4.69, 9.17) is 10.5 Å². The third-order valence-electron chi connectivity index (χ3n) is 5.08. The van der Waals surface area contributed by atoms with E-state index in [2.05, 4.69) is 18.7 Å². The van der Waals surface area contributed by atoms with Crippen molar-refractivity contribution >= 4 is 0 Å². The topological polar surface area (TPSA) is 38.5 Å². The maximum Gasteiger partial charge on any atom is 0.0590 e. The van der Waals surface area contributed by atoms with Gasteiger partial charge in [0.15, 0.2) is 0 Å². The van der Waals surface area contributed by atoms with E-state index in [0.29, 0.717) is 6.10 Å². The predicted molar refractivity (Wildman–Crippen MR) is 75.7 cm³/mol. The Labute approximate surface area is 112 Å². The lowest BCUT2D eigenvalue weighted by Gasteiger charge is -2.50. The lowest BCUT2D eigenvalue weighted by molar-refractivity contribution is -0.0825. The summed E-state index contributed by atoms with van der Waals surface area (Å²) in [6.45, 7) is 7.34. The largest absolute Gasteiger partial charge is 0.378 e. The highest BCUT2D eigenvalue weighted by Gasteiger charge is 2.42. The Bertz CT molecular complexity index is 253. The molecule has 106 valence electrons. The van der Waals surface area contributed by atoms with Crippen LogP contribution in [0.4, 0.5) is 0 Å². The molecule has 2 rings (SSSR count). The Kier molecular flexibility index (Phi) is 5.05. The van der Waals surface area contributed by atoms with Crippen LogP contribution in [-0.2, 0) is 4.74 Å². The maximum absolute atomic E-state index is 6.20. The van der Waals surface area contributed by atoms with Gasteiger partial charge in [-0.15, -0.1) is 0 Å². The van der Waals surface area contributed by atoms with E-state index in [1.165, 1.54) is 25.7 Å². The maximum atomic E-state index is 6.20. The van der Waals surface area contributed by atoms with E-state index in [1.807, 2.05) is 0 Å². The second kappa shape index (κ2) is 6.36. The average Bonchev–Trinajstić information content (AvgIpc) is 2.93. The van der Waals surface area contributed by atoms with Gasteiger partial charge in [-0.05, 0) is 38.6 Å². The van der Waals surface area contributed by atoms with Gasteiger partial charge in [0.1, 0.15) is 0 Å². The van der Waals surface area contributed by atoms with E-state index in [-0.39, 0.29) is 5.54 Å². The molecule has 0 radical (unpaired) electrons. The highest BCUT2D eigenvalue weighted by Crippen LogP contribution is 2.36. The summed E-state index contributed by atoms with van der Waals surface area (Å²) in [6, 6.07) is 0.772. The number of nitrogens with two attached hydrogens (primary N) is 1. The molecule has 18 heavy (non-hydrogen) atoms. The van der Waals surface area contributed by atoms with Gasteiger partial charge in [-0.1, -0.05) is 26.7 Å². The van der Waals surface area contributed by atoms with E-state index in [0.717, 1.165) is 45.0 Å². The summed E-state index contributed by atoms with van der Waals surface area (Å²) in [7, 11) is 0. The molecule has 1 saturated carbocycles. The molecule has 1 heterocycles. The Morgan fingerprint density at radius 3 is 2.56 bits per heavy atom. The molecule has 2 N–H and O–H groups in total. The fraction of sp³-hybridized carbons (Fsp3) is 1.00. The first-order valence-electron chi connectivity index (χ1n) is 7.84. The van der Waals surface area contributed by atoms with Crippen LogP contribution in [0.15, 0.2) is 0 Å². The summed E-state index contributed by atoms with van der Waals surface area (Å²) >= 11 is 0. The van der Waals surface area contributed by atoms with E-state index < -0.39 is 0 Å². The molecule has 0 amide bonds. The van der Waals surface area contributed by atoms with Crippen LogP contribution in [0.3, 0.4) is 0 Å². The third-order valence-corrected chi connectivity index (χ3v) is 5.08. The van der Waals surface area contributed by atoms with Crippen molar-refractivity contribution < 1.29 is 4.74 Å². The summed E-state index contributed by atoms with van der Waals surface area (Å²) in [5, 5.41) is 0. The van der Waals surface area contributed by atoms with Gasteiger partial charge >= 0.3 is 0 Å². The van der Waals surface area contributed by atoms with Crippen LogP contribution >= 0.6 is 0 Å². The van der Waals surface area contributed by atoms with Gasteiger partial charge < -0.3 is 10.5 Å². The zero-order valence-electron chi connectivity index (χ0n) is 12.2. The molecule has 2 aliphatic rings. The normalized spacial score (nSPS) is 34.3. The van der Waals surface area contributed by atoms with Crippen LogP contribution in [0.5, 0.6) is 0 Å². The Morgan fingerprint density at radius 2 is 2.00 bits per heavy atom. The number of likely N-dealkylation sites (N-methyl/N-ethyl adjacent to an activating group) is 1. The molecular formula is C15H30N2O. The minimum atomic E-state index is 0.211. The monoisotopic (exact) mass is 254 g/mol. The Balaban J connectivity index is 2.12. The lowest BCUT2D eigenvalue weighted by atomic mass is 9.82. The molecule has 0 spiro atoms. The van der Waals surface area contributed by atoms with Crippen molar-refractivity contribution in [1.29, 1.82) is 0 Å². The van der Waals surface area contributed by atoms with Gasteiger partial charge in [-0.3, -0.25) is 4.90 Å². The van der Waals surface area contributed by atoms with Gasteiger partial charge in [0.2, 0.25) is 0 Å². The molecule has 2 fully saturated rings. The number of rotatable bonds is 5. The highest BCUT2D eigenvalue weighted by atomic mass is 16.5. The first kappa shape index (κ1) is 14.3. The third kappa shape index (κ3) is 2.73. The second-order valence-electron chi connectivity index (χ2n) is 6.01. The van der Waals surface area contributed by atoms with Gasteiger partial charge in [0, 0.05) is 24.7 Å². The van der Waals surface area contributed by atoms with Crippen LogP contribution in [0.25, 0.3) is 0 Å². The molecule has 0 aromatic rings. The number of nitrogens with zero attached hydrogens (tertiary/aromatic N) is 1. The number of hydrogen-bond acceptors (Lipinski definition) is 3. The van der Waals surface area contributed by atoms with Gasteiger partial charge in [-0.25, -0.2) is 0 Å². The SMILES string of the molecule is CCC1CC(CN)(N(CC)C2CCCC2)CCO1. The summed E-state index contributed by atoms with van der Waals surface area (Å²) in [4.78, 5) is 2.73. The molecule has 3 nitrogen and oxygen atoms in total. The standard InChI is InChI=1S/C15H30N2O/c1-3-14-11-15(12-16,9-10-18-14)17(4-2)13-7-5-6-8-13/h13-14H,3-12,16H2,1-2H3. The van der Waals surface area contributed by atoms with E-state index in [1.54, 1.807) is 0 Å².